The lowest BCUT2D eigenvalue weighted by atomic mass is 10.1. The van der Waals surface area contributed by atoms with Crippen molar-refractivity contribution in [3.63, 3.8) is 0 Å². The van der Waals surface area contributed by atoms with Crippen molar-refractivity contribution < 1.29 is 14.3 Å². The molecule has 21 heavy (non-hydrogen) atoms. The molecule has 2 atom stereocenters. The Morgan fingerprint density at radius 2 is 2.19 bits per heavy atom. The van der Waals surface area contributed by atoms with Crippen molar-refractivity contribution in [3.05, 3.63) is 23.8 Å². The van der Waals surface area contributed by atoms with Crippen LogP contribution in [0.5, 0.6) is 5.75 Å². The maximum Gasteiger partial charge on any atom is 0.268 e. The number of rotatable bonds is 4. The minimum atomic E-state index is -0.573. The van der Waals surface area contributed by atoms with Gasteiger partial charge >= 0.3 is 0 Å². The van der Waals surface area contributed by atoms with E-state index < -0.39 is 6.10 Å². The standard InChI is InChI=1S/C16H22N2O3/c1-5-11(3)17-15(19)9-18-13-8-10(2)6-7-14(13)21-12(4)16(18)20/h6-8,11-12H,5,9H2,1-4H3,(H,17,19). The first-order chi connectivity index (χ1) is 9.92. The van der Waals surface area contributed by atoms with E-state index in [0.29, 0.717) is 11.4 Å². The van der Waals surface area contributed by atoms with E-state index >= 15 is 0 Å². The second kappa shape index (κ2) is 6.16. The van der Waals surface area contributed by atoms with Gasteiger partial charge in [0.25, 0.3) is 5.91 Å². The van der Waals surface area contributed by atoms with E-state index in [1.807, 2.05) is 39.0 Å². The molecule has 1 aliphatic heterocycles. The Labute approximate surface area is 125 Å². The van der Waals surface area contributed by atoms with Gasteiger partial charge in [-0.25, -0.2) is 0 Å². The molecular formula is C16H22N2O3. The number of carbonyl (C=O) groups excluding carboxylic acids is 2. The fraction of sp³-hybridized carbons (Fsp3) is 0.500. The number of benzene rings is 1. The minimum Gasteiger partial charge on any atom is -0.479 e. The highest BCUT2D eigenvalue weighted by atomic mass is 16.5. The van der Waals surface area contributed by atoms with Gasteiger partial charge in [-0.1, -0.05) is 13.0 Å². The van der Waals surface area contributed by atoms with Gasteiger partial charge < -0.3 is 10.1 Å². The Balaban J connectivity index is 2.23. The summed E-state index contributed by atoms with van der Waals surface area (Å²) in [7, 11) is 0. The summed E-state index contributed by atoms with van der Waals surface area (Å²) in [5.41, 5.74) is 1.68. The topological polar surface area (TPSA) is 58.6 Å². The predicted octanol–water partition coefficient (Wildman–Crippen LogP) is 2.02. The number of hydrogen-bond donors (Lipinski definition) is 1. The first-order valence-electron chi connectivity index (χ1n) is 7.30. The number of amides is 2. The summed E-state index contributed by atoms with van der Waals surface area (Å²) in [6.45, 7) is 7.61. The Bertz CT molecular complexity index is 556. The number of hydrogen-bond acceptors (Lipinski definition) is 3. The summed E-state index contributed by atoms with van der Waals surface area (Å²) in [6, 6.07) is 5.74. The Hall–Kier alpha value is -2.04. The number of carbonyl (C=O) groups is 2. The molecule has 2 rings (SSSR count). The molecular weight excluding hydrogens is 268 g/mol. The summed E-state index contributed by atoms with van der Waals surface area (Å²) < 4.78 is 5.59. The quantitative estimate of drug-likeness (QED) is 0.923. The molecule has 114 valence electrons. The van der Waals surface area contributed by atoms with E-state index in [1.54, 1.807) is 6.92 Å². The first-order valence-corrected chi connectivity index (χ1v) is 7.30. The van der Waals surface area contributed by atoms with Crippen molar-refractivity contribution in [1.29, 1.82) is 0 Å². The van der Waals surface area contributed by atoms with Gasteiger partial charge in [-0.2, -0.15) is 0 Å². The lowest BCUT2D eigenvalue weighted by Gasteiger charge is -2.33. The maximum atomic E-state index is 12.3. The zero-order valence-corrected chi connectivity index (χ0v) is 13.0. The van der Waals surface area contributed by atoms with E-state index in [2.05, 4.69) is 5.32 Å². The summed E-state index contributed by atoms with van der Waals surface area (Å²) in [5.74, 6) is 0.302. The number of ether oxygens (including phenoxy) is 1. The van der Waals surface area contributed by atoms with Gasteiger partial charge in [-0.15, -0.1) is 0 Å². The average Bonchev–Trinajstić information content (AvgIpc) is 2.44. The molecule has 0 spiro atoms. The Kier molecular flexibility index (Phi) is 4.50. The SMILES string of the molecule is CCC(C)NC(=O)CN1C(=O)C(C)Oc2ccc(C)cc21. The van der Waals surface area contributed by atoms with Gasteiger partial charge in [-0.3, -0.25) is 14.5 Å². The molecule has 0 bridgehead atoms. The van der Waals surface area contributed by atoms with E-state index in [9.17, 15) is 9.59 Å². The van der Waals surface area contributed by atoms with Crippen LogP contribution in [-0.4, -0.2) is 30.5 Å². The second-order valence-electron chi connectivity index (χ2n) is 5.53. The van der Waals surface area contributed by atoms with E-state index in [-0.39, 0.29) is 24.4 Å². The number of anilines is 1. The van der Waals surface area contributed by atoms with Gasteiger partial charge in [0.05, 0.1) is 5.69 Å². The van der Waals surface area contributed by atoms with Gasteiger partial charge in [-0.05, 0) is 44.9 Å². The van der Waals surface area contributed by atoms with E-state index in [4.69, 9.17) is 4.74 Å². The van der Waals surface area contributed by atoms with Crippen LogP contribution in [0.25, 0.3) is 0 Å². The normalized spacial score (nSPS) is 18.8. The van der Waals surface area contributed by atoms with Crippen LogP contribution < -0.4 is 15.0 Å². The third-order valence-electron chi connectivity index (χ3n) is 3.64. The van der Waals surface area contributed by atoms with Crippen LogP contribution in [0.15, 0.2) is 18.2 Å². The van der Waals surface area contributed by atoms with E-state index in [1.165, 1.54) is 4.90 Å². The first kappa shape index (κ1) is 15.4. The molecule has 1 aromatic carbocycles. The molecule has 1 N–H and O–H groups in total. The van der Waals surface area contributed by atoms with Crippen molar-refractivity contribution in [3.8, 4) is 5.75 Å². The van der Waals surface area contributed by atoms with Crippen LogP contribution in [-0.2, 0) is 9.59 Å². The van der Waals surface area contributed by atoms with Crippen molar-refractivity contribution in [2.45, 2.75) is 46.3 Å². The monoisotopic (exact) mass is 290 g/mol. The zero-order valence-electron chi connectivity index (χ0n) is 13.0. The number of aryl methyl sites for hydroxylation is 1. The lowest BCUT2D eigenvalue weighted by molar-refractivity contribution is -0.128. The molecule has 1 heterocycles. The Morgan fingerprint density at radius 1 is 1.48 bits per heavy atom. The van der Waals surface area contributed by atoms with Gasteiger partial charge in [0, 0.05) is 6.04 Å². The minimum absolute atomic E-state index is 0.0212. The molecule has 5 heteroatoms. The van der Waals surface area contributed by atoms with Gasteiger partial charge in [0.2, 0.25) is 5.91 Å². The summed E-state index contributed by atoms with van der Waals surface area (Å²) in [4.78, 5) is 25.9. The van der Waals surface area contributed by atoms with Crippen LogP contribution in [0.3, 0.4) is 0 Å². The molecule has 0 radical (unpaired) electrons. The molecule has 2 amide bonds. The average molecular weight is 290 g/mol. The molecule has 0 aliphatic carbocycles. The van der Waals surface area contributed by atoms with Crippen LogP contribution >= 0.6 is 0 Å². The largest absolute Gasteiger partial charge is 0.479 e. The fourth-order valence-corrected chi connectivity index (χ4v) is 2.25. The molecule has 0 fully saturated rings. The van der Waals surface area contributed by atoms with Gasteiger partial charge in [0.15, 0.2) is 6.10 Å². The highest BCUT2D eigenvalue weighted by Gasteiger charge is 2.32. The molecule has 0 aromatic heterocycles. The molecule has 0 saturated heterocycles. The summed E-state index contributed by atoms with van der Waals surface area (Å²) in [5, 5.41) is 2.88. The van der Waals surface area contributed by atoms with Crippen molar-refractivity contribution in [2.24, 2.45) is 0 Å². The van der Waals surface area contributed by atoms with Crippen LogP contribution in [0, 0.1) is 6.92 Å². The van der Waals surface area contributed by atoms with Crippen LogP contribution in [0.2, 0.25) is 0 Å². The number of fused-ring (bicyclic) bond motifs is 1. The molecule has 2 unspecified atom stereocenters. The maximum absolute atomic E-state index is 12.3. The molecule has 0 saturated carbocycles. The summed E-state index contributed by atoms with van der Waals surface area (Å²) >= 11 is 0. The van der Waals surface area contributed by atoms with E-state index in [0.717, 1.165) is 12.0 Å². The summed E-state index contributed by atoms with van der Waals surface area (Å²) in [6.07, 6.45) is 0.283. The third kappa shape index (κ3) is 3.35. The zero-order chi connectivity index (χ0) is 15.6. The highest BCUT2D eigenvalue weighted by Crippen LogP contribution is 2.34. The molecule has 1 aliphatic rings. The lowest BCUT2D eigenvalue weighted by Crippen LogP contribution is -2.49. The van der Waals surface area contributed by atoms with Crippen molar-refractivity contribution in [2.75, 3.05) is 11.4 Å². The predicted molar refractivity (Wildman–Crippen MR) is 81.5 cm³/mol. The van der Waals surface area contributed by atoms with Crippen LogP contribution in [0.4, 0.5) is 5.69 Å². The van der Waals surface area contributed by atoms with Gasteiger partial charge in [0.1, 0.15) is 12.3 Å². The smallest absolute Gasteiger partial charge is 0.268 e. The molecule has 1 aromatic rings. The van der Waals surface area contributed by atoms with Crippen molar-refractivity contribution in [1.82, 2.24) is 5.32 Å². The highest BCUT2D eigenvalue weighted by molar-refractivity contribution is 6.03. The van der Waals surface area contributed by atoms with Crippen LogP contribution in [0.1, 0.15) is 32.8 Å². The fourth-order valence-electron chi connectivity index (χ4n) is 2.25. The third-order valence-corrected chi connectivity index (χ3v) is 3.64. The number of nitrogens with zero attached hydrogens (tertiary/aromatic N) is 1. The molecule has 5 nitrogen and oxygen atoms in total. The van der Waals surface area contributed by atoms with Crippen molar-refractivity contribution >= 4 is 17.5 Å². The second-order valence-corrected chi connectivity index (χ2v) is 5.53. The Morgan fingerprint density at radius 3 is 2.86 bits per heavy atom. The number of nitrogens with one attached hydrogen (secondary N) is 1.